The van der Waals surface area contributed by atoms with Crippen LogP contribution in [-0.4, -0.2) is 27.9 Å². The molecule has 2 aromatic rings. The van der Waals surface area contributed by atoms with Crippen LogP contribution in [0.15, 0.2) is 30.7 Å². The van der Waals surface area contributed by atoms with E-state index in [4.69, 9.17) is 10.5 Å². The predicted octanol–water partition coefficient (Wildman–Crippen LogP) is 1.94. The Balaban J connectivity index is 0.000000771. The monoisotopic (exact) mass is 248 g/mol. The molecule has 0 aliphatic carbocycles. The van der Waals surface area contributed by atoms with Crippen LogP contribution in [0, 0.1) is 6.92 Å². The largest absolute Gasteiger partial charge is 0.492 e. The van der Waals surface area contributed by atoms with Crippen LogP contribution in [0.5, 0.6) is 5.75 Å². The summed E-state index contributed by atoms with van der Waals surface area (Å²) in [6.45, 7) is 6.98. The smallest absolute Gasteiger partial charge is 0.156 e. The van der Waals surface area contributed by atoms with E-state index in [9.17, 15) is 0 Å². The molecule has 0 radical (unpaired) electrons. The second-order valence-electron chi connectivity index (χ2n) is 3.45. The first-order valence-corrected chi connectivity index (χ1v) is 6.10. The third kappa shape index (κ3) is 3.85. The SMILES string of the molecule is CC.Cc1cnn(-c2cc(OCCN)ccn2)c1. The molecule has 0 aromatic carbocycles. The van der Waals surface area contributed by atoms with Gasteiger partial charge in [0, 0.05) is 25.0 Å². The lowest BCUT2D eigenvalue weighted by molar-refractivity contribution is 0.328. The van der Waals surface area contributed by atoms with Gasteiger partial charge in [-0.05, 0) is 18.6 Å². The molecule has 0 unspecified atom stereocenters. The maximum absolute atomic E-state index is 5.42. The Kier molecular flexibility index (Phi) is 5.87. The lowest BCUT2D eigenvalue weighted by Crippen LogP contribution is -2.10. The summed E-state index contributed by atoms with van der Waals surface area (Å²) >= 11 is 0. The molecule has 18 heavy (non-hydrogen) atoms. The average Bonchev–Trinajstić information content (AvgIpc) is 2.86. The summed E-state index contributed by atoms with van der Waals surface area (Å²) in [5, 5.41) is 4.18. The molecule has 5 heteroatoms. The van der Waals surface area contributed by atoms with E-state index in [0.29, 0.717) is 13.2 Å². The quantitative estimate of drug-likeness (QED) is 0.898. The molecule has 5 nitrogen and oxygen atoms in total. The molecule has 0 aliphatic rings. The van der Waals surface area contributed by atoms with Gasteiger partial charge in [-0.2, -0.15) is 5.10 Å². The fourth-order valence-electron chi connectivity index (χ4n) is 1.33. The van der Waals surface area contributed by atoms with Crippen molar-refractivity contribution in [2.45, 2.75) is 20.8 Å². The molecule has 0 saturated carbocycles. The molecule has 0 bridgehead atoms. The first-order valence-electron chi connectivity index (χ1n) is 6.10. The van der Waals surface area contributed by atoms with Crippen molar-refractivity contribution < 1.29 is 4.74 Å². The van der Waals surface area contributed by atoms with Gasteiger partial charge in [-0.15, -0.1) is 0 Å². The third-order valence-electron chi connectivity index (χ3n) is 2.05. The van der Waals surface area contributed by atoms with Gasteiger partial charge in [-0.1, -0.05) is 13.8 Å². The number of aryl methyl sites for hydroxylation is 1. The van der Waals surface area contributed by atoms with Gasteiger partial charge in [-0.3, -0.25) is 0 Å². The molecule has 98 valence electrons. The van der Waals surface area contributed by atoms with E-state index in [-0.39, 0.29) is 0 Å². The number of hydrogen-bond donors (Lipinski definition) is 1. The van der Waals surface area contributed by atoms with Crippen LogP contribution in [0.2, 0.25) is 0 Å². The number of nitrogens with zero attached hydrogens (tertiary/aromatic N) is 3. The van der Waals surface area contributed by atoms with Crippen molar-refractivity contribution in [2.75, 3.05) is 13.2 Å². The Morgan fingerprint density at radius 1 is 1.39 bits per heavy atom. The van der Waals surface area contributed by atoms with Gasteiger partial charge in [0.2, 0.25) is 0 Å². The zero-order valence-corrected chi connectivity index (χ0v) is 11.1. The molecule has 0 saturated heterocycles. The van der Waals surface area contributed by atoms with Gasteiger partial charge in [0.05, 0.1) is 6.20 Å². The predicted molar refractivity (Wildman–Crippen MR) is 72.0 cm³/mol. The minimum absolute atomic E-state index is 0.499. The fourth-order valence-corrected chi connectivity index (χ4v) is 1.33. The molecule has 2 aromatic heterocycles. The van der Waals surface area contributed by atoms with E-state index in [1.54, 1.807) is 23.1 Å². The van der Waals surface area contributed by atoms with Crippen LogP contribution in [-0.2, 0) is 0 Å². The highest BCUT2D eigenvalue weighted by atomic mass is 16.5. The van der Waals surface area contributed by atoms with Crippen molar-refractivity contribution in [2.24, 2.45) is 5.73 Å². The van der Waals surface area contributed by atoms with E-state index in [1.807, 2.05) is 33.0 Å². The summed E-state index contributed by atoms with van der Waals surface area (Å²) in [6.07, 6.45) is 5.39. The first-order chi connectivity index (χ1) is 8.79. The summed E-state index contributed by atoms with van der Waals surface area (Å²) in [5.74, 6) is 1.49. The summed E-state index contributed by atoms with van der Waals surface area (Å²) in [7, 11) is 0. The van der Waals surface area contributed by atoms with Crippen LogP contribution in [0.1, 0.15) is 19.4 Å². The molecular weight excluding hydrogens is 228 g/mol. The van der Waals surface area contributed by atoms with E-state index >= 15 is 0 Å². The number of rotatable bonds is 4. The van der Waals surface area contributed by atoms with Gasteiger partial charge in [0.15, 0.2) is 5.82 Å². The zero-order chi connectivity index (χ0) is 13.4. The minimum atomic E-state index is 0.499. The Morgan fingerprint density at radius 2 is 2.17 bits per heavy atom. The summed E-state index contributed by atoms with van der Waals surface area (Å²) in [6, 6.07) is 3.64. The van der Waals surface area contributed by atoms with E-state index in [2.05, 4.69) is 10.1 Å². The fraction of sp³-hybridized carbons (Fsp3) is 0.385. The van der Waals surface area contributed by atoms with Crippen LogP contribution in [0.3, 0.4) is 0 Å². The molecule has 2 N–H and O–H groups in total. The Morgan fingerprint density at radius 3 is 2.78 bits per heavy atom. The van der Waals surface area contributed by atoms with Gasteiger partial charge in [0.25, 0.3) is 0 Å². The van der Waals surface area contributed by atoms with E-state index in [0.717, 1.165) is 17.1 Å². The normalized spacial score (nSPS) is 9.56. The molecule has 0 spiro atoms. The number of ether oxygens (including phenoxy) is 1. The maximum atomic E-state index is 5.42. The topological polar surface area (TPSA) is 66.0 Å². The van der Waals surface area contributed by atoms with Crippen LogP contribution in [0.25, 0.3) is 5.82 Å². The minimum Gasteiger partial charge on any atom is -0.492 e. The molecular formula is C13H20N4O. The highest BCUT2D eigenvalue weighted by molar-refractivity contribution is 5.31. The Hall–Kier alpha value is -1.88. The van der Waals surface area contributed by atoms with Gasteiger partial charge < -0.3 is 10.5 Å². The average molecular weight is 248 g/mol. The second kappa shape index (κ2) is 7.45. The molecule has 2 rings (SSSR count). The molecule has 0 atom stereocenters. The van der Waals surface area contributed by atoms with Crippen molar-refractivity contribution in [3.8, 4) is 11.6 Å². The van der Waals surface area contributed by atoms with Crippen molar-refractivity contribution in [3.63, 3.8) is 0 Å². The zero-order valence-electron chi connectivity index (χ0n) is 11.1. The highest BCUT2D eigenvalue weighted by Gasteiger charge is 2.01. The molecule has 0 amide bonds. The lowest BCUT2D eigenvalue weighted by atomic mass is 10.4. The van der Waals surface area contributed by atoms with Gasteiger partial charge in [-0.25, -0.2) is 9.67 Å². The standard InChI is InChI=1S/C11H14N4O.C2H6/c1-9-7-14-15(8-9)11-6-10(2-4-13-11)16-5-3-12;1-2/h2,4,6-8H,3,5,12H2,1H3;1-2H3. The van der Waals surface area contributed by atoms with Crippen LogP contribution in [0.4, 0.5) is 0 Å². The maximum Gasteiger partial charge on any atom is 0.156 e. The Labute approximate surface area is 108 Å². The summed E-state index contributed by atoms with van der Waals surface area (Å²) < 4.78 is 7.13. The van der Waals surface area contributed by atoms with E-state index < -0.39 is 0 Å². The van der Waals surface area contributed by atoms with Gasteiger partial charge >= 0.3 is 0 Å². The van der Waals surface area contributed by atoms with Crippen LogP contribution < -0.4 is 10.5 Å². The van der Waals surface area contributed by atoms with E-state index in [1.165, 1.54) is 0 Å². The molecule has 2 heterocycles. The lowest BCUT2D eigenvalue weighted by Gasteiger charge is -2.05. The number of aromatic nitrogens is 3. The highest BCUT2D eigenvalue weighted by Crippen LogP contribution is 2.13. The summed E-state index contributed by atoms with van der Waals surface area (Å²) in [4.78, 5) is 4.22. The first kappa shape index (κ1) is 14.2. The number of nitrogens with two attached hydrogens (primary N) is 1. The van der Waals surface area contributed by atoms with Crippen molar-refractivity contribution in [3.05, 3.63) is 36.3 Å². The number of hydrogen-bond acceptors (Lipinski definition) is 4. The van der Waals surface area contributed by atoms with Crippen LogP contribution >= 0.6 is 0 Å². The number of pyridine rings is 1. The molecule has 0 fully saturated rings. The van der Waals surface area contributed by atoms with Gasteiger partial charge in [0.1, 0.15) is 12.4 Å². The third-order valence-corrected chi connectivity index (χ3v) is 2.05. The second-order valence-corrected chi connectivity index (χ2v) is 3.45. The van der Waals surface area contributed by atoms with Crippen molar-refractivity contribution >= 4 is 0 Å². The van der Waals surface area contributed by atoms with Crippen molar-refractivity contribution in [1.82, 2.24) is 14.8 Å². The Bertz CT molecular complexity index is 468. The summed E-state index contributed by atoms with van der Waals surface area (Å²) in [5.41, 5.74) is 6.46. The molecule has 0 aliphatic heterocycles. The van der Waals surface area contributed by atoms with Crippen molar-refractivity contribution in [1.29, 1.82) is 0 Å².